The number of unbranched alkanes of at least 4 members (excludes halogenated alkanes) is 1. The Labute approximate surface area is 150 Å². The molecule has 0 aliphatic carbocycles. The van der Waals surface area contributed by atoms with Crippen LogP contribution in [0.25, 0.3) is 16.7 Å². The highest BCUT2D eigenvalue weighted by molar-refractivity contribution is 5.86. The van der Waals surface area contributed by atoms with E-state index in [1.165, 1.54) is 0 Å². The van der Waals surface area contributed by atoms with Crippen molar-refractivity contribution in [2.75, 3.05) is 25.5 Å². The van der Waals surface area contributed by atoms with E-state index in [-0.39, 0.29) is 0 Å². The van der Waals surface area contributed by atoms with Crippen LogP contribution in [-0.2, 0) is 0 Å². The molecule has 0 radical (unpaired) electrons. The van der Waals surface area contributed by atoms with Crippen molar-refractivity contribution in [2.45, 2.75) is 26.7 Å². The number of rotatable bonds is 7. The molecule has 0 aliphatic heterocycles. The number of aryl methyl sites for hydroxylation is 2. The van der Waals surface area contributed by atoms with E-state index < -0.39 is 6.09 Å². The van der Waals surface area contributed by atoms with Gasteiger partial charge < -0.3 is 20.5 Å². The predicted molar refractivity (Wildman–Crippen MR) is 98.1 cm³/mol. The third-order valence-electron chi connectivity index (χ3n) is 4.16. The molecule has 0 spiro atoms. The number of amides is 1. The van der Waals surface area contributed by atoms with Gasteiger partial charge in [0.05, 0.1) is 18.1 Å². The molecule has 3 rings (SSSR count). The molecule has 0 unspecified atom stereocenters. The molecular weight excluding hydrogens is 336 g/mol. The Kier molecular flexibility index (Phi) is 5.06. The summed E-state index contributed by atoms with van der Waals surface area (Å²) >= 11 is 0. The average Bonchev–Trinajstić information content (AvgIpc) is 3.00. The van der Waals surface area contributed by atoms with Crippen molar-refractivity contribution >= 4 is 28.6 Å². The van der Waals surface area contributed by atoms with Crippen LogP contribution >= 0.6 is 0 Å². The summed E-state index contributed by atoms with van der Waals surface area (Å²) in [6.07, 6.45) is 0.548. The van der Waals surface area contributed by atoms with E-state index in [2.05, 4.69) is 20.8 Å². The second-order valence-electron chi connectivity index (χ2n) is 6.04. The van der Waals surface area contributed by atoms with E-state index in [4.69, 9.17) is 14.8 Å². The van der Waals surface area contributed by atoms with Crippen LogP contribution in [0.1, 0.15) is 24.2 Å². The number of fused-ring (bicyclic) bond motifs is 3. The fourth-order valence-electron chi connectivity index (χ4n) is 2.90. The van der Waals surface area contributed by atoms with Crippen LogP contribution < -0.4 is 15.4 Å². The number of aromatic nitrogens is 4. The Hall–Kier alpha value is -3.10. The molecule has 9 nitrogen and oxygen atoms in total. The van der Waals surface area contributed by atoms with Gasteiger partial charge in [-0.2, -0.15) is 0 Å². The minimum atomic E-state index is -0.999. The quantitative estimate of drug-likeness (QED) is 0.556. The second kappa shape index (κ2) is 7.42. The lowest BCUT2D eigenvalue weighted by atomic mass is 10.2. The van der Waals surface area contributed by atoms with Gasteiger partial charge >= 0.3 is 6.09 Å². The molecule has 2 aromatic heterocycles. The first kappa shape index (κ1) is 17.7. The van der Waals surface area contributed by atoms with Crippen molar-refractivity contribution in [3.8, 4) is 5.75 Å². The van der Waals surface area contributed by atoms with Gasteiger partial charge in [-0.25, -0.2) is 9.78 Å². The van der Waals surface area contributed by atoms with Crippen molar-refractivity contribution in [3.63, 3.8) is 0 Å². The van der Waals surface area contributed by atoms with Crippen LogP contribution in [0.4, 0.5) is 10.6 Å². The van der Waals surface area contributed by atoms with Gasteiger partial charge in [-0.15, -0.1) is 10.2 Å². The number of nitrogens with zero attached hydrogens (tertiary/aromatic N) is 4. The topological polar surface area (TPSA) is 114 Å². The Balaban J connectivity index is 1.88. The fraction of sp³-hybridized carbons (Fsp3) is 0.412. The third-order valence-corrected chi connectivity index (χ3v) is 4.16. The Bertz CT molecular complexity index is 953. The molecule has 3 N–H and O–H groups in total. The Morgan fingerprint density at radius 1 is 1.23 bits per heavy atom. The van der Waals surface area contributed by atoms with E-state index in [0.717, 1.165) is 41.0 Å². The van der Waals surface area contributed by atoms with Crippen molar-refractivity contribution in [2.24, 2.45) is 0 Å². The van der Waals surface area contributed by atoms with Crippen LogP contribution in [0, 0.1) is 13.8 Å². The summed E-state index contributed by atoms with van der Waals surface area (Å²) in [6, 6.07) is 3.88. The first-order chi connectivity index (χ1) is 12.5. The third kappa shape index (κ3) is 3.46. The molecule has 0 atom stereocenters. The monoisotopic (exact) mass is 358 g/mol. The molecule has 138 valence electrons. The number of carbonyl (C=O) groups is 1. The van der Waals surface area contributed by atoms with E-state index in [1.807, 2.05) is 30.4 Å². The molecule has 1 aromatic carbocycles. The highest BCUT2D eigenvalue weighted by atomic mass is 16.5. The van der Waals surface area contributed by atoms with Gasteiger partial charge in [0.15, 0.2) is 5.82 Å². The summed E-state index contributed by atoms with van der Waals surface area (Å²) in [5, 5.41) is 22.7. The molecule has 0 fully saturated rings. The molecule has 3 aromatic rings. The summed E-state index contributed by atoms with van der Waals surface area (Å²) < 4.78 is 7.34. The van der Waals surface area contributed by atoms with Crippen molar-refractivity contribution in [1.82, 2.24) is 24.9 Å². The number of nitrogens with one attached hydrogen (secondary N) is 2. The highest BCUT2D eigenvalue weighted by Crippen LogP contribution is 2.27. The maximum absolute atomic E-state index is 10.4. The van der Waals surface area contributed by atoms with Gasteiger partial charge in [0.1, 0.15) is 11.6 Å². The molecule has 0 saturated heterocycles. The Morgan fingerprint density at radius 2 is 2.00 bits per heavy atom. The van der Waals surface area contributed by atoms with Crippen LogP contribution in [-0.4, -0.2) is 51.0 Å². The standard InChI is InChI=1S/C17H22N6O3/c1-10-8-12(26-3)9-13-14(10)20-15(16-22-21-11(2)23(13)16)18-6-4-5-7-19-17(24)25/h8-9,19H,4-7H2,1-3H3,(H,18,20)(H,24,25). The lowest BCUT2D eigenvalue weighted by Gasteiger charge is -2.12. The van der Waals surface area contributed by atoms with Crippen LogP contribution in [0.15, 0.2) is 12.1 Å². The molecule has 0 bridgehead atoms. The average molecular weight is 358 g/mol. The van der Waals surface area contributed by atoms with E-state index in [0.29, 0.717) is 24.6 Å². The van der Waals surface area contributed by atoms with Gasteiger partial charge in [0.2, 0.25) is 5.65 Å². The first-order valence-electron chi connectivity index (χ1n) is 8.42. The van der Waals surface area contributed by atoms with Gasteiger partial charge in [0.25, 0.3) is 0 Å². The SMILES string of the molecule is COc1cc(C)c2nc(NCCCCNC(=O)O)c3nnc(C)n3c2c1. The maximum Gasteiger partial charge on any atom is 0.404 e. The number of carboxylic acid groups (broad SMARTS) is 1. The smallest absolute Gasteiger partial charge is 0.404 e. The zero-order chi connectivity index (χ0) is 18.7. The highest BCUT2D eigenvalue weighted by Gasteiger charge is 2.15. The number of anilines is 1. The molecule has 2 heterocycles. The van der Waals surface area contributed by atoms with E-state index in [9.17, 15) is 4.79 Å². The normalized spacial score (nSPS) is 11.0. The van der Waals surface area contributed by atoms with Crippen molar-refractivity contribution in [3.05, 3.63) is 23.5 Å². The van der Waals surface area contributed by atoms with Crippen LogP contribution in [0.2, 0.25) is 0 Å². The Morgan fingerprint density at radius 3 is 2.73 bits per heavy atom. The zero-order valence-electron chi connectivity index (χ0n) is 15.0. The van der Waals surface area contributed by atoms with Crippen molar-refractivity contribution in [1.29, 1.82) is 0 Å². The van der Waals surface area contributed by atoms with Crippen molar-refractivity contribution < 1.29 is 14.6 Å². The number of hydrogen-bond donors (Lipinski definition) is 3. The molecule has 0 aliphatic rings. The van der Waals surface area contributed by atoms with E-state index >= 15 is 0 Å². The molecular formula is C17H22N6O3. The van der Waals surface area contributed by atoms with Crippen LogP contribution in [0.3, 0.4) is 0 Å². The number of methoxy groups -OCH3 is 1. The van der Waals surface area contributed by atoms with Crippen LogP contribution in [0.5, 0.6) is 5.75 Å². The largest absolute Gasteiger partial charge is 0.497 e. The van der Waals surface area contributed by atoms with Gasteiger partial charge in [-0.3, -0.25) is 4.40 Å². The van der Waals surface area contributed by atoms with Gasteiger partial charge in [-0.05, 0) is 38.3 Å². The van der Waals surface area contributed by atoms with Gasteiger partial charge in [0, 0.05) is 19.2 Å². The predicted octanol–water partition coefficient (Wildman–Crippen LogP) is 2.36. The lowest BCUT2D eigenvalue weighted by Crippen LogP contribution is -2.22. The molecule has 0 saturated carbocycles. The summed E-state index contributed by atoms with van der Waals surface area (Å²) in [4.78, 5) is 15.2. The second-order valence-corrected chi connectivity index (χ2v) is 6.04. The minimum Gasteiger partial charge on any atom is -0.497 e. The molecule has 26 heavy (non-hydrogen) atoms. The summed E-state index contributed by atoms with van der Waals surface area (Å²) in [6.45, 7) is 4.98. The first-order valence-corrected chi connectivity index (χ1v) is 8.42. The lowest BCUT2D eigenvalue weighted by molar-refractivity contribution is 0.194. The molecule has 9 heteroatoms. The minimum absolute atomic E-state index is 0.431. The van der Waals surface area contributed by atoms with E-state index in [1.54, 1.807) is 7.11 Å². The summed E-state index contributed by atoms with van der Waals surface area (Å²) in [7, 11) is 1.64. The molecule has 1 amide bonds. The fourth-order valence-corrected chi connectivity index (χ4v) is 2.90. The zero-order valence-corrected chi connectivity index (χ0v) is 15.0. The summed E-state index contributed by atoms with van der Waals surface area (Å²) in [5.41, 5.74) is 3.42. The number of benzene rings is 1. The van der Waals surface area contributed by atoms with Gasteiger partial charge in [-0.1, -0.05) is 0 Å². The maximum atomic E-state index is 10.4. The summed E-state index contributed by atoms with van der Waals surface area (Å²) in [5.74, 6) is 2.20. The number of hydrogen-bond acceptors (Lipinski definition) is 6. The number of ether oxygens (including phenoxy) is 1.